The van der Waals surface area contributed by atoms with Gasteiger partial charge in [0, 0.05) is 6.42 Å². The van der Waals surface area contributed by atoms with E-state index in [2.05, 4.69) is 0 Å². The van der Waals surface area contributed by atoms with Gasteiger partial charge in [0.05, 0.1) is 12.3 Å². The molecule has 0 amide bonds. The van der Waals surface area contributed by atoms with Crippen LogP contribution in [0.5, 0.6) is 0 Å². The Bertz CT molecular complexity index is 483. The number of aliphatic hydroxyl groups excluding tert-OH is 2. The predicted molar refractivity (Wildman–Crippen MR) is 67.0 cm³/mol. The fourth-order valence-corrected chi connectivity index (χ4v) is 2.17. The zero-order valence-electron chi connectivity index (χ0n) is 9.99. The maximum Gasteiger partial charge on any atom is 0.350 e. The highest BCUT2D eigenvalue weighted by Gasteiger charge is 2.50. The summed E-state index contributed by atoms with van der Waals surface area (Å²) in [6.07, 6.45) is -1.07. The molecule has 1 aliphatic heterocycles. The Balaban J connectivity index is 2.11. The number of hydroxylamine groups is 1. The molecular formula is C12H14ClNO5. The lowest BCUT2D eigenvalue weighted by atomic mass is 10.1. The van der Waals surface area contributed by atoms with E-state index in [0.29, 0.717) is 10.8 Å². The SMILES string of the molecule is O=C(OC[C@@H](O)CO)[C@]1(Cl)Cc2ccccc2N1O. The van der Waals surface area contributed by atoms with Crippen LogP contribution < -0.4 is 5.06 Å². The second-order valence-electron chi connectivity index (χ2n) is 4.31. The van der Waals surface area contributed by atoms with Gasteiger partial charge in [-0.2, -0.15) is 0 Å². The molecule has 104 valence electrons. The number of halogens is 1. The molecule has 1 heterocycles. The van der Waals surface area contributed by atoms with Gasteiger partial charge in [-0.25, -0.2) is 9.86 Å². The first-order valence-corrected chi connectivity index (χ1v) is 6.09. The van der Waals surface area contributed by atoms with Crippen molar-refractivity contribution in [1.29, 1.82) is 0 Å². The Morgan fingerprint density at radius 1 is 1.53 bits per heavy atom. The van der Waals surface area contributed by atoms with Crippen molar-refractivity contribution in [2.24, 2.45) is 0 Å². The number of ether oxygens (including phenoxy) is 1. The lowest BCUT2D eigenvalue weighted by Gasteiger charge is -2.27. The van der Waals surface area contributed by atoms with Crippen molar-refractivity contribution >= 4 is 23.3 Å². The smallest absolute Gasteiger partial charge is 0.350 e. The van der Waals surface area contributed by atoms with E-state index in [-0.39, 0.29) is 13.0 Å². The molecule has 1 aromatic carbocycles. The third-order valence-corrected chi connectivity index (χ3v) is 3.36. The molecule has 6 nitrogen and oxygen atoms in total. The topological polar surface area (TPSA) is 90.2 Å². The maximum atomic E-state index is 11.9. The molecule has 7 heteroatoms. The van der Waals surface area contributed by atoms with E-state index >= 15 is 0 Å². The lowest BCUT2D eigenvalue weighted by molar-refractivity contribution is -0.152. The summed E-state index contributed by atoms with van der Waals surface area (Å²) in [5.41, 5.74) is 1.16. The monoisotopic (exact) mass is 287 g/mol. The van der Waals surface area contributed by atoms with Gasteiger partial charge in [0.15, 0.2) is 0 Å². The first-order valence-electron chi connectivity index (χ1n) is 5.71. The highest BCUT2D eigenvalue weighted by molar-refractivity contribution is 6.36. The molecule has 0 unspecified atom stereocenters. The predicted octanol–water partition coefficient (Wildman–Crippen LogP) is 0.270. The van der Waals surface area contributed by atoms with Crippen LogP contribution in [-0.4, -0.2) is 45.7 Å². The van der Waals surface area contributed by atoms with Gasteiger partial charge in [-0.3, -0.25) is 5.21 Å². The van der Waals surface area contributed by atoms with Gasteiger partial charge in [-0.15, -0.1) is 0 Å². The van der Waals surface area contributed by atoms with Crippen LogP contribution in [0.15, 0.2) is 24.3 Å². The minimum absolute atomic E-state index is 0.0925. The maximum absolute atomic E-state index is 11.9. The fraction of sp³-hybridized carbons (Fsp3) is 0.417. The molecule has 1 aromatic rings. The van der Waals surface area contributed by atoms with E-state index in [0.717, 1.165) is 5.56 Å². The van der Waals surface area contributed by atoms with Gasteiger partial charge in [-0.1, -0.05) is 29.8 Å². The summed E-state index contributed by atoms with van der Waals surface area (Å²) in [5, 5.41) is 28.4. The molecule has 0 spiro atoms. The van der Waals surface area contributed by atoms with Crippen LogP contribution in [0.4, 0.5) is 5.69 Å². The van der Waals surface area contributed by atoms with Crippen molar-refractivity contribution in [3.8, 4) is 0 Å². The summed E-state index contributed by atoms with van der Waals surface area (Å²) in [4.78, 5) is 10.2. The van der Waals surface area contributed by atoms with Crippen LogP contribution in [0.1, 0.15) is 5.56 Å². The van der Waals surface area contributed by atoms with Crippen LogP contribution >= 0.6 is 11.6 Å². The number of alkyl halides is 1. The van der Waals surface area contributed by atoms with Gasteiger partial charge >= 0.3 is 5.97 Å². The molecule has 0 aromatic heterocycles. The highest BCUT2D eigenvalue weighted by atomic mass is 35.5. The van der Waals surface area contributed by atoms with E-state index in [1.165, 1.54) is 0 Å². The minimum atomic E-state index is -1.74. The zero-order valence-corrected chi connectivity index (χ0v) is 10.7. The van der Waals surface area contributed by atoms with Crippen molar-refractivity contribution in [1.82, 2.24) is 0 Å². The number of rotatable bonds is 4. The summed E-state index contributed by atoms with van der Waals surface area (Å²) in [6.45, 7) is -0.903. The quantitative estimate of drug-likeness (QED) is 0.418. The van der Waals surface area contributed by atoms with Gasteiger partial charge < -0.3 is 14.9 Å². The van der Waals surface area contributed by atoms with Crippen molar-refractivity contribution in [3.05, 3.63) is 29.8 Å². The molecule has 0 saturated carbocycles. The Morgan fingerprint density at radius 2 is 2.21 bits per heavy atom. The Hall–Kier alpha value is -1.34. The van der Waals surface area contributed by atoms with Gasteiger partial charge in [-0.05, 0) is 11.6 Å². The van der Waals surface area contributed by atoms with Gasteiger partial charge in [0.1, 0.15) is 12.7 Å². The summed E-state index contributed by atoms with van der Waals surface area (Å²) < 4.78 is 4.80. The Kier molecular flexibility index (Phi) is 3.96. The molecule has 0 saturated heterocycles. The molecule has 19 heavy (non-hydrogen) atoms. The molecule has 2 rings (SSSR count). The molecule has 0 bridgehead atoms. The fourth-order valence-electron chi connectivity index (χ4n) is 1.88. The summed E-state index contributed by atoms with van der Waals surface area (Å²) >= 11 is 6.12. The molecule has 0 fully saturated rings. The molecule has 1 aliphatic rings. The number of carbonyl (C=O) groups excluding carboxylic acids is 1. The Morgan fingerprint density at radius 3 is 2.84 bits per heavy atom. The van der Waals surface area contributed by atoms with E-state index in [4.69, 9.17) is 26.6 Å². The van der Waals surface area contributed by atoms with Crippen LogP contribution in [0, 0.1) is 0 Å². The molecule has 0 aliphatic carbocycles. The van der Waals surface area contributed by atoms with Crippen molar-refractivity contribution in [2.75, 3.05) is 18.3 Å². The summed E-state index contributed by atoms with van der Waals surface area (Å²) in [5.74, 6) is -0.875. The Labute approximate surface area is 114 Å². The van der Waals surface area contributed by atoms with Crippen molar-refractivity contribution in [2.45, 2.75) is 17.5 Å². The lowest BCUT2D eigenvalue weighted by Crippen LogP contribution is -2.48. The summed E-state index contributed by atoms with van der Waals surface area (Å²) in [7, 11) is 0. The minimum Gasteiger partial charge on any atom is -0.460 e. The number of benzene rings is 1. The first kappa shape index (κ1) is 14.1. The van der Waals surface area contributed by atoms with Crippen LogP contribution in [0.2, 0.25) is 0 Å². The summed E-state index contributed by atoms with van der Waals surface area (Å²) in [6, 6.07) is 6.87. The standard InChI is InChI=1S/C12H14ClNO5/c13-12(11(17)19-7-9(16)6-15)5-8-3-1-2-4-10(8)14(12)18/h1-4,9,15-16,18H,5-7H2/t9-,12-/m0/s1. The average Bonchev–Trinajstić information content (AvgIpc) is 2.69. The zero-order chi connectivity index (χ0) is 14.0. The largest absolute Gasteiger partial charge is 0.460 e. The number of hydrogen-bond donors (Lipinski definition) is 3. The van der Waals surface area contributed by atoms with E-state index in [1.54, 1.807) is 24.3 Å². The second kappa shape index (κ2) is 5.34. The van der Waals surface area contributed by atoms with E-state index < -0.39 is 23.7 Å². The average molecular weight is 288 g/mol. The molecular weight excluding hydrogens is 274 g/mol. The number of esters is 1. The van der Waals surface area contributed by atoms with Gasteiger partial charge in [0.2, 0.25) is 5.00 Å². The molecule has 2 atom stereocenters. The second-order valence-corrected chi connectivity index (χ2v) is 4.94. The number of aliphatic hydroxyl groups is 2. The number of para-hydroxylation sites is 1. The highest BCUT2D eigenvalue weighted by Crippen LogP contribution is 2.40. The third-order valence-electron chi connectivity index (χ3n) is 2.91. The van der Waals surface area contributed by atoms with Crippen molar-refractivity contribution < 1.29 is 25.0 Å². The first-order chi connectivity index (χ1) is 8.99. The number of nitrogens with zero attached hydrogens (tertiary/aromatic N) is 1. The van der Waals surface area contributed by atoms with Crippen LogP contribution in [0.25, 0.3) is 0 Å². The van der Waals surface area contributed by atoms with E-state index in [9.17, 15) is 10.0 Å². The van der Waals surface area contributed by atoms with E-state index in [1.807, 2.05) is 0 Å². The third kappa shape index (κ3) is 2.52. The number of carbonyl (C=O) groups is 1. The normalized spacial score (nSPS) is 23.1. The van der Waals surface area contributed by atoms with Crippen LogP contribution in [0.3, 0.4) is 0 Å². The molecule has 3 N–H and O–H groups in total. The molecule has 0 radical (unpaired) electrons. The van der Waals surface area contributed by atoms with Crippen LogP contribution in [-0.2, 0) is 16.0 Å². The number of fused-ring (bicyclic) bond motifs is 1. The number of anilines is 1. The van der Waals surface area contributed by atoms with Crippen molar-refractivity contribution in [3.63, 3.8) is 0 Å². The van der Waals surface area contributed by atoms with Gasteiger partial charge in [0.25, 0.3) is 0 Å². The number of hydrogen-bond acceptors (Lipinski definition) is 6.